The molecule has 1 aromatic carbocycles. The minimum Gasteiger partial charge on any atom is -0.343 e. The monoisotopic (exact) mass is 472 g/mol. The first-order chi connectivity index (χ1) is 16.4. The minimum atomic E-state index is -0.276. The van der Waals surface area contributed by atoms with Crippen LogP contribution in [0.25, 0.3) is 0 Å². The highest BCUT2D eigenvalue weighted by molar-refractivity contribution is 7.09. The second kappa shape index (κ2) is 10.6. The van der Waals surface area contributed by atoms with Crippen molar-refractivity contribution < 1.29 is 4.79 Å². The molecule has 0 atom stereocenters. The first-order valence-corrected chi connectivity index (χ1v) is 12.1. The largest absolute Gasteiger partial charge is 0.343 e. The lowest BCUT2D eigenvalue weighted by Gasteiger charge is -2.23. The maximum Gasteiger partial charge on any atom is 0.259 e. The molecule has 34 heavy (non-hydrogen) atoms. The van der Waals surface area contributed by atoms with Gasteiger partial charge in [0, 0.05) is 48.8 Å². The van der Waals surface area contributed by atoms with E-state index >= 15 is 0 Å². The van der Waals surface area contributed by atoms with Gasteiger partial charge in [0.2, 0.25) is 0 Å². The fraction of sp³-hybridized carbons (Fsp3) is 0.259. The molecule has 7 heteroatoms. The van der Waals surface area contributed by atoms with Crippen LogP contribution in [0.15, 0.2) is 71.1 Å². The Morgan fingerprint density at radius 2 is 1.76 bits per heavy atom. The Labute approximate surface area is 203 Å². The third-order valence-corrected chi connectivity index (χ3v) is 6.66. The van der Waals surface area contributed by atoms with E-state index in [4.69, 9.17) is 0 Å². The molecule has 0 unspecified atom stereocenters. The summed E-state index contributed by atoms with van der Waals surface area (Å²) in [5, 5.41) is 2.90. The average molecular weight is 473 g/mol. The van der Waals surface area contributed by atoms with Gasteiger partial charge in [0.15, 0.2) is 5.43 Å². The molecule has 174 valence electrons. The van der Waals surface area contributed by atoms with Crippen molar-refractivity contribution in [3.05, 3.63) is 115 Å². The molecule has 0 N–H and O–H groups in total. The van der Waals surface area contributed by atoms with Crippen LogP contribution < -0.4 is 5.43 Å². The molecule has 0 saturated carbocycles. The second-order valence-corrected chi connectivity index (χ2v) is 9.48. The van der Waals surface area contributed by atoms with Crippen molar-refractivity contribution in [3.8, 4) is 0 Å². The van der Waals surface area contributed by atoms with Crippen molar-refractivity contribution in [2.45, 2.75) is 39.8 Å². The van der Waals surface area contributed by atoms with E-state index in [1.165, 1.54) is 0 Å². The van der Waals surface area contributed by atoms with Crippen LogP contribution in [0.3, 0.4) is 0 Å². The molecule has 6 nitrogen and oxygen atoms in total. The van der Waals surface area contributed by atoms with Crippen molar-refractivity contribution in [2.24, 2.45) is 0 Å². The maximum absolute atomic E-state index is 13.6. The lowest BCUT2D eigenvalue weighted by molar-refractivity contribution is 0.0780. The molecule has 4 rings (SSSR count). The summed E-state index contributed by atoms with van der Waals surface area (Å²) in [5.74, 6) is -0.276. The average Bonchev–Trinajstić information content (AvgIpc) is 3.25. The number of rotatable bonds is 8. The fourth-order valence-corrected chi connectivity index (χ4v) is 4.71. The van der Waals surface area contributed by atoms with Crippen molar-refractivity contribution >= 4 is 17.2 Å². The predicted octanol–water partition coefficient (Wildman–Crippen LogP) is 4.42. The number of thiazole rings is 1. The fourth-order valence-electron chi connectivity index (χ4n) is 4.10. The summed E-state index contributed by atoms with van der Waals surface area (Å²) in [6.45, 7) is 4.78. The summed E-state index contributed by atoms with van der Waals surface area (Å²) >= 11 is 1.55. The van der Waals surface area contributed by atoms with Gasteiger partial charge in [-0.2, -0.15) is 0 Å². The van der Waals surface area contributed by atoms with Crippen LogP contribution in [-0.4, -0.2) is 32.4 Å². The molecule has 0 aliphatic heterocycles. The standard InChI is InChI=1S/C27H28N4O2S/c1-19-15-25(32)26(27(33)30(3)17-23-18-34-20(2)29-23)24(10-9-21-7-5-4-6-8-21)31(19)16-22-11-13-28-14-12-22/h4-8,11-15,18H,9-10,16-17H2,1-3H3. The van der Waals surface area contributed by atoms with Gasteiger partial charge >= 0.3 is 0 Å². The number of nitrogens with zero attached hydrogens (tertiary/aromatic N) is 4. The normalized spacial score (nSPS) is 10.9. The van der Waals surface area contributed by atoms with Crippen LogP contribution in [0.2, 0.25) is 0 Å². The number of carbonyl (C=O) groups excluding carboxylic acids is 1. The Morgan fingerprint density at radius 1 is 1.03 bits per heavy atom. The SMILES string of the molecule is Cc1nc(CN(C)C(=O)c2c(CCc3ccccc3)n(Cc3ccncc3)c(C)cc2=O)cs1. The van der Waals surface area contributed by atoms with Crippen molar-refractivity contribution in [1.29, 1.82) is 0 Å². The number of aryl methyl sites for hydroxylation is 3. The molecule has 0 bridgehead atoms. The molecule has 0 aliphatic carbocycles. The summed E-state index contributed by atoms with van der Waals surface area (Å²) in [4.78, 5) is 37.0. The number of benzene rings is 1. The molecule has 0 aliphatic rings. The molecule has 3 aromatic heterocycles. The Balaban J connectivity index is 1.74. The quantitative estimate of drug-likeness (QED) is 0.381. The van der Waals surface area contributed by atoms with Crippen LogP contribution in [0.1, 0.15) is 43.6 Å². The molecule has 1 amide bonds. The van der Waals surface area contributed by atoms with Crippen LogP contribution >= 0.6 is 11.3 Å². The zero-order valence-electron chi connectivity index (χ0n) is 19.7. The number of carbonyl (C=O) groups is 1. The highest BCUT2D eigenvalue weighted by Crippen LogP contribution is 2.18. The zero-order chi connectivity index (χ0) is 24.1. The molecule has 4 aromatic rings. The number of pyridine rings is 2. The van der Waals surface area contributed by atoms with E-state index in [0.717, 1.165) is 39.6 Å². The predicted molar refractivity (Wildman–Crippen MR) is 135 cm³/mol. The topological polar surface area (TPSA) is 68.1 Å². The van der Waals surface area contributed by atoms with Gasteiger partial charge in [-0.15, -0.1) is 11.3 Å². The van der Waals surface area contributed by atoms with E-state index in [1.807, 2.05) is 49.6 Å². The number of amides is 1. The molecule has 0 saturated heterocycles. The van der Waals surface area contributed by atoms with Gasteiger partial charge in [-0.05, 0) is 49.9 Å². The van der Waals surface area contributed by atoms with Gasteiger partial charge in [-0.1, -0.05) is 30.3 Å². The Kier molecular flexibility index (Phi) is 7.33. The van der Waals surface area contributed by atoms with Crippen LogP contribution in [0, 0.1) is 13.8 Å². The summed E-state index contributed by atoms with van der Waals surface area (Å²) in [6.07, 6.45) is 4.82. The lowest BCUT2D eigenvalue weighted by atomic mass is 10.0. The van der Waals surface area contributed by atoms with Gasteiger partial charge < -0.3 is 9.47 Å². The maximum atomic E-state index is 13.6. The number of hydrogen-bond acceptors (Lipinski definition) is 5. The molecular formula is C27H28N4O2S. The van der Waals surface area contributed by atoms with E-state index in [2.05, 4.69) is 26.7 Å². The summed E-state index contributed by atoms with van der Waals surface area (Å²) in [7, 11) is 1.73. The molecule has 0 spiro atoms. The van der Waals surface area contributed by atoms with E-state index in [-0.39, 0.29) is 16.9 Å². The smallest absolute Gasteiger partial charge is 0.259 e. The van der Waals surface area contributed by atoms with Crippen LogP contribution in [-0.2, 0) is 25.9 Å². The summed E-state index contributed by atoms with van der Waals surface area (Å²) in [6, 6.07) is 15.6. The molecule has 3 heterocycles. The Bertz CT molecular complexity index is 1330. The Morgan fingerprint density at radius 3 is 2.44 bits per heavy atom. The van der Waals surface area contributed by atoms with Crippen molar-refractivity contribution in [1.82, 2.24) is 19.4 Å². The van der Waals surface area contributed by atoms with Crippen LogP contribution in [0.4, 0.5) is 0 Å². The number of aromatic nitrogens is 3. The van der Waals surface area contributed by atoms with Crippen LogP contribution in [0.5, 0.6) is 0 Å². The summed E-state index contributed by atoms with van der Waals surface area (Å²) < 4.78 is 2.09. The van der Waals surface area contributed by atoms with E-state index in [0.29, 0.717) is 19.5 Å². The third kappa shape index (κ3) is 5.48. The van der Waals surface area contributed by atoms with Crippen molar-refractivity contribution in [2.75, 3.05) is 7.05 Å². The second-order valence-electron chi connectivity index (χ2n) is 8.42. The van der Waals surface area contributed by atoms with Crippen molar-refractivity contribution in [3.63, 3.8) is 0 Å². The van der Waals surface area contributed by atoms with Gasteiger partial charge in [0.05, 0.1) is 17.2 Å². The highest BCUT2D eigenvalue weighted by Gasteiger charge is 2.23. The lowest BCUT2D eigenvalue weighted by Crippen LogP contribution is -2.34. The zero-order valence-corrected chi connectivity index (χ0v) is 20.5. The van der Waals surface area contributed by atoms with Gasteiger partial charge in [-0.25, -0.2) is 4.98 Å². The first-order valence-electron chi connectivity index (χ1n) is 11.2. The Hall–Kier alpha value is -3.58. The molecule has 0 fully saturated rings. The summed E-state index contributed by atoms with van der Waals surface area (Å²) in [5.41, 5.74) is 4.65. The highest BCUT2D eigenvalue weighted by atomic mass is 32.1. The van der Waals surface area contributed by atoms with E-state index in [9.17, 15) is 9.59 Å². The van der Waals surface area contributed by atoms with Gasteiger partial charge in [0.25, 0.3) is 5.91 Å². The minimum absolute atomic E-state index is 0.238. The number of hydrogen-bond donors (Lipinski definition) is 0. The van der Waals surface area contributed by atoms with E-state index < -0.39 is 0 Å². The van der Waals surface area contributed by atoms with Gasteiger partial charge in [-0.3, -0.25) is 14.6 Å². The van der Waals surface area contributed by atoms with Gasteiger partial charge in [0.1, 0.15) is 5.56 Å². The third-order valence-electron chi connectivity index (χ3n) is 5.84. The molecule has 0 radical (unpaired) electrons. The first kappa shape index (κ1) is 23.6. The van der Waals surface area contributed by atoms with E-state index in [1.54, 1.807) is 41.7 Å². The molecular weight excluding hydrogens is 444 g/mol.